The molecule has 2 aromatic rings. The highest BCUT2D eigenvalue weighted by molar-refractivity contribution is 6.01. The Kier molecular flexibility index (Phi) is 7.17. The average Bonchev–Trinajstić information content (AvgIpc) is 2.77. The number of amides is 1. The van der Waals surface area contributed by atoms with Crippen molar-refractivity contribution < 1.29 is 14.5 Å². The molecule has 1 aliphatic carbocycles. The molecule has 1 N–H and O–H groups in total. The van der Waals surface area contributed by atoms with Gasteiger partial charge in [0, 0.05) is 18.2 Å². The van der Waals surface area contributed by atoms with Gasteiger partial charge in [-0.3, -0.25) is 14.9 Å². The quantitative estimate of drug-likeness (QED) is 0.315. The Morgan fingerprint density at radius 3 is 2.60 bits per heavy atom. The molecule has 1 saturated carbocycles. The molecule has 0 unspecified atom stereocenters. The van der Waals surface area contributed by atoms with E-state index in [2.05, 4.69) is 5.32 Å². The monoisotopic (exact) mass is 405 g/mol. The standard InChI is InChI=1S/C23H23N3O4/c24-15-19(23(27)25-20-6-2-1-3-7-20)13-18-5-4-8-22(14-18)30-16-17-9-11-21(12-10-17)26(28)29/h4-5,8-14,20H,1-3,6-7,16H2,(H,25,27)/b19-13+. The fourth-order valence-corrected chi connectivity index (χ4v) is 3.40. The van der Waals surface area contributed by atoms with E-state index in [1.165, 1.54) is 18.6 Å². The van der Waals surface area contributed by atoms with Gasteiger partial charge in [0.1, 0.15) is 24.0 Å². The summed E-state index contributed by atoms with van der Waals surface area (Å²) < 4.78 is 5.75. The Morgan fingerprint density at radius 2 is 1.93 bits per heavy atom. The number of nitrogens with zero attached hydrogens (tertiary/aromatic N) is 2. The predicted molar refractivity (Wildman–Crippen MR) is 112 cm³/mol. The first-order chi connectivity index (χ1) is 14.5. The average molecular weight is 405 g/mol. The first-order valence-electron chi connectivity index (χ1n) is 9.94. The molecule has 0 spiro atoms. The Hall–Kier alpha value is -3.66. The maximum absolute atomic E-state index is 12.4. The van der Waals surface area contributed by atoms with E-state index >= 15 is 0 Å². The molecule has 30 heavy (non-hydrogen) atoms. The Bertz CT molecular complexity index is 971. The molecular formula is C23H23N3O4. The van der Waals surface area contributed by atoms with Gasteiger partial charge in [0.15, 0.2) is 0 Å². The van der Waals surface area contributed by atoms with E-state index in [0.29, 0.717) is 11.3 Å². The second kappa shape index (κ2) is 10.2. The molecule has 0 atom stereocenters. The smallest absolute Gasteiger partial charge is 0.269 e. The molecule has 0 bridgehead atoms. The number of nitrogens with one attached hydrogen (secondary N) is 1. The van der Waals surface area contributed by atoms with Crippen molar-refractivity contribution in [1.29, 1.82) is 5.26 Å². The molecule has 1 fully saturated rings. The minimum atomic E-state index is -0.447. The van der Waals surface area contributed by atoms with Gasteiger partial charge in [-0.1, -0.05) is 31.4 Å². The number of ether oxygens (including phenoxy) is 1. The number of carbonyl (C=O) groups excluding carboxylic acids is 1. The third-order valence-electron chi connectivity index (χ3n) is 5.03. The van der Waals surface area contributed by atoms with Crippen molar-refractivity contribution >= 4 is 17.7 Å². The third kappa shape index (κ3) is 5.92. The van der Waals surface area contributed by atoms with E-state index in [9.17, 15) is 20.2 Å². The highest BCUT2D eigenvalue weighted by Gasteiger charge is 2.18. The van der Waals surface area contributed by atoms with Crippen LogP contribution in [0.1, 0.15) is 43.2 Å². The summed E-state index contributed by atoms with van der Waals surface area (Å²) >= 11 is 0. The van der Waals surface area contributed by atoms with Gasteiger partial charge >= 0.3 is 0 Å². The van der Waals surface area contributed by atoms with Gasteiger partial charge in [-0.15, -0.1) is 0 Å². The van der Waals surface area contributed by atoms with E-state index in [1.807, 2.05) is 6.07 Å². The Morgan fingerprint density at radius 1 is 1.20 bits per heavy atom. The largest absolute Gasteiger partial charge is 0.489 e. The number of carbonyl (C=O) groups is 1. The van der Waals surface area contributed by atoms with Gasteiger partial charge in [-0.05, 0) is 54.3 Å². The van der Waals surface area contributed by atoms with Crippen molar-refractivity contribution in [2.75, 3.05) is 0 Å². The van der Waals surface area contributed by atoms with Crippen LogP contribution in [-0.2, 0) is 11.4 Å². The number of nitro benzene ring substituents is 1. The fourth-order valence-electron chi connectivity index (χ4n) is 3.40. The molecule has 2 aromatic carbocycles. The van der Waals surface area contributed by atoms with Gasteiger partial charge in [-0.2, -0.15) is 5.26 Å². The van der Waals surface area contributed by atoms with Crippen molar-refractivity contribution in [2.24, 2.45) is 0 Å². The van der Waals surface area contributed by atoms with Crippen LogP contribution >= 0.6 is 0 Å². The second-order valence-electron chi connectivity index (χ2n) is 7.26. The summed E-state index contributed by atoms with van der Waals surface area (Å²) in [4.78, 5) is 22.7. The van der Waals surface area contributed by atoms with Crippen LogP contribution in [0.5, 0.6) is 5.75 Å². The van der Waals surface area contributed by atoms with E-state index in [1.54, 1.807) is 42.5 Å². The lowest BCUT2D eigenvalue weighted by atomic mass is 9.95. The lowest BCUT2D eigenvalue weighted by molar-refractivity contribution is -0.384. The van der Waals surface area contributed by atoms with Gasteiger partial charge in [0.2, 0.25) is 0 Å². The summed E-state index contributed by atoms with van der Waals surface area (Å²) in [6, 6.07) is 15.4. The topological polar surface area (TPSA) is 105 Å². The Labute approximate surface area is 175 Å². The van der Waals surface area contributed by atoms with Crippen molar-refractivity contribution in [3.63, 3.8) is 0 Å². The van der Waals surface area contributed by atoms with Gasteiger partial charge in [0.25, 0.3) is 11.6 Å². The zero-order chi connectivity index (χ0) is 21.3. The molecule has 0 aliphatic heterocycles. The number of hydrogen-bond acceptors (Lipinski definition) is 5. The maximum Gasteiger partial charge on any atom is 0.269 e. The third-order valence-corrected chi connectivity index (χ3v) is 5.03. The van der Waals surface area contributed by atoms with E-state index in [4.69, 9.17) is 4.74 Å². The summed E-state index contributed by atoms with van der Waals surface area (Å²) in [6.45, 7) is 0.248. The van der Waals surface area contributed by atoms with Crippen molar-refractivity contribution in [3.8, 4) is 11.8 Å². The Balaban J connectivity index is 1.63. The summed E-state index contributed by atoms with van der Waals surface area (Å²) in [5.41, 5.74) is 1.58. The SMILES string of the molecule is N#C/C(=C\c1cccc(OCc2ccc([N+](=O)[O-])cc2)c1)C(=O)NC1CCCCC1. The van der Waals surface area contributed by atoms with Crippen LogP contribution in [0.2, 0.25) is 0 Å². The molecule has 1 amide bonds. The van der Waals surface area contributed by atoms with E-state index in [-0.39, 0.29) is 29.8 Å². The molecular weight excluding hydrogens is 382 g/mol. The van der Waals surface area contributed by atoms with Gasteiger partial charge < -0.3 is 10.1 Å². The maximum atomic E-state index is 12.4. The molecule has 3 rings (SSSR count). The molecule has 154 valence electrons. The molecule has 7 heteroatoms. The number of nitriles is 1. The van der Waals surface area contributed by atoms with Crippen LogP contribution in [-0.4, -0.2) is 16.9 Å². The fraction of sp³-hybridized carbons (Fsp3) is 0.304. The summed E-state index contributed by atoms with van der Waals surface area (Å²) in [5, 5.41) is 23.1. The summed E-state index contributed by atoms with van der Waals surface area (Å²) in [6.07, 6.45) is 6.86. The van der Waals surface area contributed by atoms with Crippen molar-refractivity contribution in [1.82, 2.24) is 5.32 Å². The predicted octanol–water partition coefficient (Wildman–Crippen LogP) is 4.53. The minimum absolute atomic E-state index is 0.0291. The van der Waals surface area contributed by atoms with Crippen LogP contribution in [0.25, 0.3) is 6.08 Å². The van der Waals surface area contributed by atoms with Crippen molar-refractivity contribution in [2.45, 2.75) is 44.8 Å². The van der Waals surface area contributed by atoms with Crippen molar-refractivity contribution in [3.05, 3.63) is 75.3 Å². The molecule has 0 radical (unpaired) electrons. The normalized spacial score (nSPS) is 14.6. The number of benzene rings is 2. The van der Waals surface area contributed by atoms with Crippen LogP contribution in [0.15, 0.2) is 54.1 Å². The van der Waals surface area contributed by atoms with E-state index < -0.39 is 4.92 Å². The first-order valence-corrected chi connectivity index (χ1v) is 9.94. The molecule has 0 heterocycles. The number of nitro groups is 1. The van der Waals surface area contributed by atoms with Crippen LogP contribution in [0.3, 0.4) is 0 Å². The number of rotatable bonds is 7. The zero-order valence-electron chi connectivity index (χ0n) is 16.5. The minimum Gasteiger partial charge on any atom is -0.489 e. The highest BCUT2D eigenvalue weighted by Crippen LogP contribution is 2.20. The molecule has 1 aliphatic rings. The molecule has 0 saturated heterocycles. The summed E-state index contributed by atoms with van der Waals surface area (Å²) in [7, 11) is 0. The van der Waals surface area contributed by atoms with Gasteiger partial charge in [0.05, 0.1) is 4.92 Å². The first kappa shape index (κ1) is 21.1. The number of non-ortho nitro benzene ring substituents is 1. The zero-order valence-corrected chi connectivity index (χ0v) is 16.5. The number of hydrogen-bond donors (Lipinski definition) is 1. The lowest BCUT2D eigenvalue weighted by Gasteiger charge is -2.22. The highest BCUT2D eigenvalue weighted by atomic mass is 16.6. The van der Waals surface area contributed by atoms with Crippen LogP contribution in [0.4, 0.5) is 5.69 Å². The van der Waals surface area contributed by atoms with E-state index in [0.717, 1.165) is 31.2 Å². The molecule has 7 nitrogen and oxygen atoms in total. The van der Waals surface area contributed by atoms with Gasteiger partial charge in [-0.25, -0.2) is 0 Å². The lowest BCUT2D eigenvalue weighted by Crippen LogP contribution is -2.36. The molecule has 0 aromatic heterocycles. The van der Waals surface area contributed by atoms with Crippen LogP contribution in [0, 0.1) is 21.4 Å². The van der Waals surface area contributed by atoms with Crippen LogP contribution < -0.4 is 10.1 Å². The second-order valence-corrected chi connectivity index (χ2v) is 7.26. The summed E-state index contributed by atoms with van der Waals surface area (Å²) in [5.74, 6) is 0.230.